The third kappa shape index (κ3) is 6.13. The van der Waals surface area contributed by atoms with E-state index in [0.717, 1.165) is 5.56 Å². The third-order valence-corrected chi connectivity index (χ3v) is 4.74. The molecule has 7 nitrogen and oxygen atoms in total. The number of aryl methyl sites for hydroxylation is 1. The van der Waals surface area contributed by atoms with Crippen LogP contribution in [0.25, 0.3) is 0 Å². The van der Waals surface area contributed by atoms with Crippen LogP contribution < -0.4 is 4.72 Å². The maximum Gasteiger partial charge on any atom is 0.303 e. The van der Waals surface area contributed by atoms with Crippen LogP contribution >= 0.6 is 0 Å². The maximum atomic E-state index is 12.3. The average Bonchev–Trinajstić information content (AvgIpc) is 2.89. The van der Waals surface area contributed by atoms with Crippen LogP contribution in [-0.2, 0) is 27.0 Å². The van der Waals surface area contributed by atoms with Crippen LogP contribution in [0.4, 0.5) is 0 Å². The predicted octanol–water partition coefficient (Wildman–Crippen LogP) is 1.88. The zero-order valence-electron chi connectivity index (χ0n) is 13.3. The molecule has 1 unspecified atom stereocenters. The zero-order chi connectivity index (χ0) is 17.6. The van der Waals surface area contributed by atoms with Gasteiger partial charge in [0.2, 0.25) is 10.0 Å². The van der Waals surface area contributed by atoms with E-state index in [-0.39, 0.29) is 24.4 Å². The molecule has 0 saturated carbocycles. The highest BCUT2D eigenvalue weighted by atomic mass is 32.2. The molecule has 0 fully saturated rings. The first-order valence-corrected chi connectivity index (χ1v) is 9.17. The Morgan fingerprint density at radius 2 is 2.04 bits per heavy atom. The van der Waals surface area contributed by atoms with Gasteiger partial charge < -0.3 is 9.63 Å². The number of carboxylic acid groups (broad SMARTS) is 1. The number of benzene rings is 1. The van der Waals surface area contributed by atoms with Crippen LogP contribution in [0.5, 0.6) is 0 Å². The molecular formula is C16H20N2O5S. The molecule has 0 aliphatic heterocycles. The van der Waals surface area contributed by atoms with E-state index in [9.17, 15) is 13.2 Å². The Bertz CT molecular complexity index is 771. The highest BCUT2D eigenvalue weighted by molar-refractivity contribution is 7.88. The molecule has 8 heteroatoms. The number of carboxylic acids is 1. The van der Waals surface area contributed by atoms with Crippen LogP contribution in [0.3, 0.4) is 0 Å². The molecule has 1 aromatic heterocycles. The SMILES string of the molecule is Cc1cc(CS(=O)(=O)NC(CCC(=O)O)Cc2ccccc2)on1. The van der Waals surface area contributed by atoms with Gasteiger partial charge in [-0.15, -0.1) is 0 Å². The van der Waals surface area contributed by atoms with Crippen molar-refractivity contribution in [1.29, 1.82) is 0 Å². The largest absolute Gasteiger partial charge is 0.481 e. The number of rotatable bonds is 9. The van der Waals surface area contributed by atoms with Gasteiger partial charge in [0, 0.05) is 18.5 Å². The van der Waals surface area contributed by atoms with Gasteiger partial charge in [-0.3, -0.25) is 4.79 Å². The Labute approximate surface area is 140 Å². The van der Waals surface area contributed by atoms with Crippen molar-refractivity contribution in [3.63, 3.8) is 0 Å². The lowest BCUT2D eigenvalue weighted by Crippen LogP contribution is -2.37. The maximum absolute atomic E-state index is 12.3. The smallest absolute Gasteiger partial charge is 0.303 e. The molecule has 2 aromatic rings. The van der Waals surface area contributed by atoms with Gasteiger partial charge in [0.15, 0.2) is 5.76 Å². The second-order valence-corrected chi connectivity index (χ2v) is 7.38. The van der Waals surface area contributed by atoms with Gasteiger partial charge in [0.25, 0.3) is 0 Å². The molecule has 24 heavy (non-hydrogen) atoms. The first kappa shape index (κ1) is 18.2. The van der Waals surface area contributed by atoms with E-state index < -0.39 is 22.0 Å². The molecule has 0 spiro atoms. The second-order valence-electron chi connectivity index (χ2n) is 5.63. The molecule has 2 N–H and O–H groups in total. The zero-order valence-corrected chi connectivity index (χ0v) is 14.1. The number of aromatic nitrogens is 1. The van der Waals surface area contributed by atoms with Crippen molar-refractivity contribution in [3.8, 4) is 0 Å². The summed E-state index contributed by atoms with van der Waals surface area (Å²) < 4.78 is 32.1. The summed E-state index contributed by atoms with van der Waals surface area (Å²) in [6.07, 6.45) is 0.517. The highest BCUT2D eigenvalue weighted by Crippen LogP contribution is 2.12. The van der Waals surface area contributed by atoms with E-state index >= 15 is 0 Å². The number of aliphatic carboxylic acids is 1. The third-order valence-electron chi connectivity index (χ3n) is 3.39. The minimum atomic E-state index is -3.67. The first-order valence-electron chi connectivity index (χ1n) is 7.52. The van der Waals surface area contributed by atoms with Gasteiger partial charge in [-0.2, -0.15) is 0 Å². The Balaban J connectivity index is 2.06. The molecule has 130 valence electrons. The lowest BCUT2D eigenvalue weighted by Gasteiger charge is -2.18. The quantitative estimate of drug-likeness (QED) is 0.713. The first-order chi connectivity index (χ1) is 11.3. The highest BCUT2D eigenvalue weighted by Gasteiger charge is 2.21. The number of nitrogens with one attached hydrogen (secondary N) is 1. The van der Waals surface area contributed by atoms with Crippen molar-refractivity contribution < 1.29 is 22.8 Å². The van der Waals surface area contributed by atoms with Crippen LogP contribution in [0.2, 0.25) is 0 Å². The molecule has 0 saturated heterocycles. The summed E-state index contributed by atoms with van der Waals surface area (Å²) in [7, 11) is -3.67. The van der Waals surface area contributed by atoms with E-state index in [2.05, 4.69) is 9.88 Å². The fraction of sp³-hybridized carbons (Fsp3) is 0.375. The van der Waals surface area contributed by atoms with Crippen molar-refractivity contribution in [2.45, 2.75) is 38.0 Å². The number of hydrogen-bond acceptors (Lipinski definition) is 5. The molecule has 1 aromatic carbocycles. The number of carbonyl (C=O) groups is 1. The predicted molar refractivity (Wildman–Crippen MR) is 87.8 cm³/mol. The Hall–Kier alpha value is -2.19. The van der Waals surface area contributed by atoms with E-state index in [1.807, 2.05) is 30.3 Å². The summed E-state index contributed by atoms with van der Waals surface area (Å²) in [6, 6.07) is 10.4. The number of nitrogens with zero attached hydrogens (tertiary/aromatic N) is 1. The molecule has 0 radical (unpaired) electrons. The van der Waals surface area contributed by atoms with Crippen molar-refractivity contribution in [2.24, 2.45) is 0 Å². The Morgan fingerprint density at radius 3 is 2.62 bits per heavy atom. The van der Waals surface area contributed by atoms with E-state index in [0.29, 0.717) is 12.1 Å². The summed E-state index contributed by atoms with van der Waals surface area (Å²) in [5.74, 6) is -1.04. The van der Waals surface area contributed by atoms with E-state index in [4.69, 9.17) is 9.63 Å². The van der Waals surface area contributed by atoms with Gasteiger partial charge >= 0.3 is 5.97 Å². The molecule has 2 rings (SSSR count). The topological polar surface area (TPSA) is 110 Å². The van der Waals surface area contributed by atoms with Gasteiger partial charge in [-0.05, 0) is 25.3 Å². The lowest BCUT2D eigenvalue weighted by molar-refractivity contribution is -0.137. The molecule has 1 atom stereocenters. The van der Waals surface area contributed by atoms with Gasteiger partial charge in [-0.1, -0.05) is 35.5 Å². The van der Waals surface area contributed by atoms with Crippen molar-refractivity contribution in [2.75, 3.05) is 0 Å². The minimum Gasteiger partial charge on any atom is -0.481 e. The fourth-order valence-corrected chi connectivity index (χ4v) is 3.67. The van der Waals surface area contributed by atoms with Crippen LogP contribution in [0.1, 0.15) is 29.9 Å². The number of hydrogen-bond donors (Lipinski definition) is 2. The van der Waals surface area contributed by atoms with Gasteiger partial charge in [0.1, 0.15) is 5.75 Å². The number of sulfonamides is 1. The molecule has 0 amide bonds. The van der Waals surface area contributed by atoms with Gasteiger partial charge in [-0.25, -0.2) is 13.1 Å². The van der Waals surface area contributed by atoms with E-state index in [1.54, 1.807) is 13.0 Å². The Morgan fingerprint density at radius 1 is 1.33 bits per heavy atom. The van der Waals surface area contributed by atoms with E-state index in [1.165, 1.54) is 0 Å². The van der Waals surface area contributed by atoms with Crippen molar-refractivity contribution in [1.82, 2.24) is 9.88 Å². The average molecular weight is 352 g/mol. The standard InChI is InChI=1S/C16H20N2O5S/c1-12-9-15(23-17-12)11-24(21,22)18-14(7-8-16(19)20)10-13-5-3-2-4-6-13/h2-6,9,14,18H,7-8,10-11H2,1H3,(H,19,20). The van der Waals surface area contributed by atoms with Gasteiger partial charge in [0.05, 0.1) is 5.69 Å². The molecule has 0 aliphatic carbocycles. The van der Waals surface area contributed by atoms with Crippen LogP contribution in [0, 0.1) is 6.92 Å². The van der Waals surface area contributed by atoms with Crippen LogP contribution in [0.15, 0.2) is 40.9 Å². The molecule has 1 heterocycles. The molecular weight excluding hydrogens is 332 g/mol. The lowest BCUT2D eigenvalue weighted by atomic mass is 10.0. The summed E-state index contributed by atoms with van der Waals surface area (Å²) in [6.45, 7) is 1.71. The fourth-order valence-electron chi connectivity index (χ4n) is 2.37. The summed E-state index contributed by atoms with van der Waals surface area (Å²) in [5, 5.41) is 12.5. The summed E-state index contributed by atoms with van der Waals surface area (Å²) >= 11 is 0. The van der Waals surface area contributed by atoms with Crippen molar-refractivity contribution >= 4 is 16.0 Å². The summed E-state index contributed by atoms with van der Waals surface area (Å²) in [5.41, 5.74) is 1.54. The normalized spacial score (nSPS) is 12.9. The summed E-state index contributed by atoms with van der Waals surface area (Å²) in [4.78, 5) is 10.8. The molecule has 0 aliphatic rings. The monoisotopic (exact) mass is 352 g/mol. The molecule has 0 bridgehead atoms. The van der Waals surface area contributed by atoms with Crippen LogP contribution in [-0.4, -0.2) is 30.7 Å². The minimum absolute atomic E-state index is 0.110. The second kappa shape index (κ2) is 8.07. The van der Waals surface area contributed by atoms with Crippen molar-refractivity contribution in [3.05, 3.63) is 53.4 Å². The Kier molecular flexibility index (Phi) is 6.10.